The summed E-state index contributed by atoms with van der Waals surface area (Å²) in [4.78, 5) is 0.00216. The molecule has 1 fully saturated rings. The van der Waals surface area contributed by atoms with Gasteiger partial charge in [0.05, 0.1) is 4.90 Å². The fourth-order valence-electron chi connectivity index (χ4n) is 1.83. The maximum absolute atomic E-state index is 12.6. The SMILES string of the molecule is NS(=O)(=O)c1ccc(C2CC(F)(F)C2)cc1. The molecule has 0 bridgehead atoms. The summed E-state index contributed by atoms with van der Waals surface area (Å²) in [6, 6.07) is 5.78. The lowest BCUT2D eigenvalue weighted by Crippen LogP contribution is -2.33. The minimum atomic E-state index is -3.70. The summed E-state index contributed by atoms with van der Waals surface area (Å²) in [6.45, 7) is 0. The molecule has 0 heterocycles. The number of benzene rings is 1. The van der Waals surface area contributed by atoms with E-state index in [1.807, 2.05) is 0 Å². The van der Waals surface area contributed by atoms with Gasteiger partial charge in [0.25, 0.3) is 0 Å². The van der Waals surface area contributed by atoms with Gasteiger partial charge in [-0.2, -0.15) is 0 Å². The number of alkyl halides is 2. The highest BCUT2D eigenvalue weighted by molar-refractivity contribution is 7.89. The Labute approximate surface area is 92.3 Å². The van der Waals surface area contributed by atoms with Gasteiger partial charge in [-0.05, 0) is 23.6 Å². The molecule has 0 amide bonds. The van der Waals surface area contributed by atoms with Gasteiger partial charge in [0.1, 0.15) is 0 Å². The van der Waals surface area contributed by atoms with Crippen LogP contribution in [0.2, 0.25) is 0 Å². The molecule has 1 aliphatic carbocycles. The van der Waals surface area contributed by atoms with Crippen LogP contribution in [0.4, 0.5) is 8.78 Å². The third-order valence-corrected chi connectivity index (χ3v) is 3.70. The van der Waals surface area contributed by atoms with E-state index in [9.17, 15) is 17.2 Å². The number of sulfonamides is 1. The third kappa shape index (κ3) is 2.22. The summed E-state index contributed by atoms with van der Waals surface area (Å²) in [5.41, 5.74) is 0.735. The van der Waals surface area contributed by atoms with E-state index in [0.717, 1.165) is 5.56 Å². The second-order valence-electron chi connectivity index (χ2n) is 4.08. The van der Waals surface area contributed by atoms with Crippen LogP contribution < -0.4 is 5.14 Å². The van der Waals surface area contributed by atoms with Gasteiger partial charge < -0.3 is 0 Å². The molecule has 0 unspecified atom stereocenters. The Hall–Kier alpha value is -1.01. The van der Waals surface area contributed by atoms with Gasteiger partial charge in [0, 0.05) is 12.8 Å². The largest absolute Gasteiger partial charge is 0.249 e. The van der Waals surface area contributed by atoms with Crippen LogP contribution >= 0.6 is 0 Å². The van der Waals surface area contributed by atoms with Crippen molar-refractivity contribution in [2.75, 3.05) is 0 Å². The first kappa shape index (κ1) is 11.5. The number of hydrogen-bond donors (Lipinski definition) is 1. The van der Waals surface area contributed by atoms with Crippen LogP contribution in [0, 0.1) is 0 Å². The van der Waals surface area contributed by atoms with Crippen molar-refractivity contribution in [3.8, 4) is 0 Å². The third-order valence-electron chi connectivity index (χ3n) is 2.77. The molecular formula is C10H11F2NO2S. The van der Waals surface area contributed by atoms with Crippen molar-refractivity contribution < 1.29 is 17.2 Å². The van der Waals surface area contributed by atoms with E-state index in [4.69, 9.17) is 5.14 Å². The van der Waals surface area contributed by atoms with E-state index in [1.165, 1.54) is 12.1 Å². The monoisotopic (exact) mass is 247 g/mol. The van der Waals surface area contributed by atoms with Gasteiger partial charge in [0.2, 0.25) is 15.9 Å². The second kappa shape index (κ2) is 3.49. The van der Waals surface area contributed by atoms with Crippen molar-refractivity contribution in [3.63, 3.8) is 0 Å². The molecule has 2 N–H and O–H groups in total. The van der Waals surface area contributed by atoms with Crippen molar-refractivity contribution in [2.24, 2.45) is 5.14 Å². The van der Waals surface area contributed by atoms with Gasteiger partial charge in [-0.1, -0.05) is 12.1 Å². The molecule has 0 saturated heterocycles. The molecule has 88 valence electrons. The van der Waals surface area contributed by atoms with Crippen LogP contribution in [0.15, 0.2) is 29.2 Å². The van der Waals surface area contributed by atoms with Gasteiger partial charge in [0.15, 0.2) is 0 Å². The van der Waals surface area contributed by atoms with E-state index in [1.54, 1.807) is 12.1 Å². The lowest BCUT2D eigenvalue weighted by atomic mass is 9.77. The average molecular weight is 247 g/mol. The molecule has 1 aromatic carbocycles. The van der Waals surface area contributed by atoms with Crippen molar-refractivity contribution in [1.82, 2.24) is 0 Å². The Morgan fingerprint density at radius 2 is 1.69 bits per heavy atom. The van der Waals surface area contributed by atoms with Crippen molar-refractivity contribution >= 4 is 10.0 Å². The fourth-order valence-corrected chi connectivity index (χ4v) is 2.34. The quantitative estimate of drug-likeness (QED) is 0.866. The van der Waals surface area contributed by atoms with Crippen LogP contribution in [-0.4, -0.2) is 14.3 Å². The van der Waals surface area contributed by atoms with E-state index in [2.05, 4.69) is 0 Å². The number of primary sulfonamides is 1. The first-order valence-corrected chi connectivity index (χ1v) is 6.33. The molecule has 0 aromatic heterocycles. The standard InChI is InChI=1S/C10H11F2NO2S/c11-10(12)5-8(6-10)7-1-3-9(4-2-7)16(13,14)15/h1-4,8H,5-6H2,(H2,13,14,15). The summed E-state index contributed by atoms with van der Waals surface area (Å²) >= 11 is 0. The van der Waals surface area contributed by atoms with Crippen LogP contribution in [0.1, 0.15) is 24.3 Å². The first-order chi connectivity index (χ1) is 7.28. The maximum atomic E-state index is 12.6. The Balaban J connectivity index is 2.16. The molecule has 0 spiro atoms. The van der Waals surface area contributed by atoms with Crippen molar-refractivity contribution in [1.29, 1.82) is 0 Å². The summed E-state index contributed by atoms with van der Waals surface area (Å²) < 4.78 is 47.2. The number of nitrogens with two attached hydrogens (primary N) is 1. The molecule has 6 heteroatoms. The van der Waals surface area contributed by atoms with Crippen LogP contribution in [0.3, 0.4) is 0 Å². The Kier molecular flexibility index (Phi) is 2.51. The van der Waals surface area contributed by atoms with Gasteiger partial charge in [-0.25, -0.2) is 22.3 Å². The smallest absolute Gasteiger partial charge is 0.225 e. The van der Waals surface area contributed by atoms with Crippen LogP contribution in [0.5, 0.6) is 0 Å². The molecule has 0 aliphatic heterocycles. The highest BCUT2D eigenvalue weighted by atomic mass is 32.2. The van der Waals surface area contributed by atoms with Crippen molar-refractivity contribution in [2.45, 2.75) is 29.6 Å². The van der Waals surface area contributed by atoms with E-state index in [0.29, 0.717) is 0 Å². The topological polar surface area (TPSA) is 60.2 Å². The maximum Gasteiger partial charge on any atom is 0.249 e. The highest BCUT2D eigenvalue weighted by Crippen LogP contribution is 2.48. The van der Waals surface area contributed by atoms with Gasteiger partial charge in [-0.3, -0.25) is 0 Å². The predicted molar refractivity (Wildman–Crippen MR) is 54.7 cm³/mol. The number of halogens is 2. The zero-order valence-corrected chi connectivity index (χ0v) is 9.18. The molecule has 3 nitrogen and oxygen atoms in total. The Morgan fingerprint density at radius 3 is 2.06 bits per heavy atom. The summed E-state index contributed by atoms with van der Waals surface area (Å²) in [5.74, 6) is -2.74. The fraction of sp³-hybridized carbons (Fsp3) is 0.400. The molecule has 1 aliphatic rings. The van der Waals surface area contributed by atoms with E-state index >= 15 is 0 Å². The molecule has 0 atom stereocenters. The Bertz CT molecular complexity index is 488. The molecule has 1 saturated carbocycles. The lowest BCUT2D eigenvalue weighted by molar-refractivity contribution is -0.0867. The minimum Gasteiger partial charge on any atom is -0.225 e. The molecule has 1 aromatic rings. The number of hydrogen-bond acceptors (Lipinski definition) is 2. The Morgan fingerprint density at radius 1 is 1.19 bits per heavy atom. The second-order valence-corrected chi connectivity index (χ2v) is 5.64. The molecule has 2 rings (SSSR count). The zero-order chi connectivity index (χ0) is 12.0. The van der Waals surface area contributed by atoms with Gasteiger partial charge >= 0.3 is 0 Å². The average Bonchev–Trinajstić information content (AvgIpc) is 2.13. The summed E-state index contributed by atoms with van der Waals surface area (Å²) in [6.07, 6.45) is -0.330. The molecular weight excluding hydrogens is 236 g/mol. The first-order valence-electron chi connectivity index (χ1n) is 4.78. The van der Waals surface area contributed by atoms with E-state index < -0.39 is 15.9 Å². The van der Waals surface area contributed by atoms with Crippen LogP contribution in [0.25, 0.3) is 0 Å². The molecule has 16 heavy (non-hydrogen) atoms. The minimum absolute atomic E-state index is 0.00216. The molecule has 0 radical (unpaired) electrons. The van der Waals surface area contributed by atoms with Gasteiger partial charge in [-0.15, -0.1) is 0 Å². The zero-order valence-electron chi connectivity index (χ0n) is 8.36. The highest BCUT2D eigenvalue weighted by Gasteiger charge is 2.45. The normalized spacial score (nSPS) is 20.4. The van der Waals surface area contributed by atoms with Crippen molar-refractivity contribution in [3.05, 3.63) is 29.8 Å². The lowest BCUT2D eigenvalue weighted by Gasteiger charge is -2.35. The predicted octanol–water partition coefficient (Wildman–Crippen LogP) is 1.85. The summed E-state index contributed by atoms with van der Waals surface area (Å²) in [5, 5.41) is 4.92. The van der Waals surface area contributed by atoms with E-state index in [-0.39, 0.29) is 23.7 Å². The summed E-state index contributed by atoms with van der Waals surface area (Å²) in [7, 11) is -3.70. The number of rotatable bonds is 2. The van der Waals surface area contributed by atoms with Crippen LogP contribution in [-0.2, 0) is 10.0 Å².